The first-order chi connectivity index (χ1) is 9.69. The molecule has 1 unspecified atom stereocenters. The Morgan fingerprint density at radius 2 is 1.75 bits per heavy atom. The fourth-order valence-electron chi connectivity index (χ4n) is 1.93. The summed E-state index contributed by atoms with van der Waals surface area (Å²) < 4.78 is 0.928. The van der Waals surface area contributed by atoms with Gasteiger partial charge in [0.05, 0.1) is 12.6 Å². The summed E-state index contributed by atoms with van der Waals surface area (Å²) in [5.74, 6) is -0.174. The fourth-order valence-corrected chi connectivity index (χ4v) is 2.19. The van der Waals surface area contributed by atoms with Gasteiger partial charge in [-0.2, -0.15) is 0 Å². The average molecular weight is 334 g/mol. The van der Waals surface area contributed by atoms with E-state index in [2.05, 4.69) is 21.2 Å². The van der Waals surface area contributed by atoms with Crippen molar-refractivity contribution in [2.24, 2.45) is 0 Å². The predicted molar refractivity (Wildman–Crippen MR) is 82.6 cm³/mol. The average Bonchev–Trinajstić information content (AvgIpc) is 2.48. The number of aliphatic hydroxyl groups is 1. The van der Waals surface area contributed by atoms with E-state index in [1.807, 2.05) is 42.5 Å². The number of carbonyl (C=O) groups excluding carboxylic acids is 1. The standard InChI is InChI=1S/C16H16BrNO2/c17-14-8-6-13(7-9-14)16(20)18-15(11-19)10-12-4-2-1-3-5-12/h1-9,15,19H,10-11H2,(H,18,20). The predicted octanol–water partition coefficient (Wildman–Crippen LogP) is 2.78. The molecule has 0 aromatic heterocycles. The maximum absolute atomic E-state index is 12.1. The van der Waals surface area contributed by atoms with Crippen LogP contribution in [0.4, 0.5) is 0 Å². The van der Waals surface area contributed by atoms with E-state index >= 15 is 0 Å². The van der Waals surface area contributed by atoms with Crippen molar-refractivity contribution >= 4 is 21.8 Å². The molecule has 0 aliphatic heterocycles. The molecule has 1 amide bonds. The van der Waals surface area contributed by atoms with Crippen molar-refractivity contribution in [3.8, 4) is 0 Å². The zero-order valence-corrected chi connectivity index (χ0v) is 12.5. The van der Waals surface area contributed by atoms with Crippen LogP contribution in [-0.4, -0.2) is 23.7 Å². The molecule has 104 valence electrons. The van der Waals surface area contributed by atoms with Gasteiger partial charge < -0.3 is 10.4 Å². The van der Waals surface area contributed by atoms with Gasteiger partial charge in [0.1, 0.15) is 0 Å². The van der Waals surface area contributed by atoms with Crippen molar-refractivity contribution in [3.05, 3.63) is 70.2 Å². The van der Waals surface area contributed by atoms with Crippen LogP contribution in [0.15, 0.2) is 59.1 Å². The highest BCUT2D eigenvalue weighted by Crippen LogP contribution is 2.11. The molecular weight excluding hydrogens is 318 g/mol. The Hall–Kier alpha value is -1.65. The second-order valence-electron chi connectivity index (χ2n) is 4.55. The quantitative estimate of drug-likeness (QED) is 0.883. The third kappa shape index (κ3) is 4.18. The van der Waals surface area contributed by atoms with Crippen molar-refractivity contribution in [3.63, 3.8) is 0 Å². The number of nitrogens with one attached hydrogen (secondary N) is 1. The molecule has 20 heavy (non-hydrogen) atoms. The maximum Gasteiger partial charge on any atom is 0.251 e. The van der Waals surface area contributed by atoms with Crippen LogP contribution < -0.4 is 5.32 Å². The molecule has 4 heteroatoms. The topological polar surface area (TPSA) is 49.3 Å². The fraction of sp³-hybridized carbons (Fsp3) is 0.188. The van der Waals surface area contributed by atoms with Crippen LogP contribution in [0.2, 0.25) is 0 Å². The van der Waals surface area contributed by atoms with E-state index in [0.717, 1.165) is 10.0 Å². The van der Waals surface area contributed by atoms with Crippen LogP contribution in [0.5, 0.6) is 0 Å². The Labute approximate surface area is 126 Å². The Kier molecular flexibility index (Phi) is 5.32. The van der Waals surface area contributed by atoms with Gasteiger partial charge >= 0.3 is 0 Å². The molecule has 0 saturated heterocycles. The highest BCUT2D eigenvalue weighted by atomic mass is 79.9. The van der Waals surface area contributed by atoms with E-state index in [4.69, 9.17) is 0 Å². The summed E-state index contributed by atoms with van der Waals surface area (Å²) in [5, 5.41) is 12.3. The maximum atomic E-state index is 12.1. The van der Waals surface area contributed by atoms with Crippen LogP contribution in [0.1, 0.15) is 15.9 Å². The first kappa shape index (κ1) is 14.8. The number of benzene rings is 2. The molecule has 0 fully saturated rings. The molecule has 0 saturated carbocycles. The molecule has 0 bridgehead atoms. The number of amides is 1. The summed E-state index contributed by atoms with van der Waals surface area (Å²) >= 11 is 3.33. The lowest BCUT2D eigenvalue weighted by Gasteiger charge is -2.16. The van der Waals surface area contributed by atoms with E-state index in [9.17, 15) is 9.90 Å². The monoisotopic (exact) mass is 333 g/mol. The number of hydrogen-bond donors (Lipinski definition) is 2. The van der Waals surface area contributed by atoms with Gasteiger partial charge in [-0.1, -0.05) is 46.3 Å². The number of hydrogen-bond acceptors (Lipinski definition) is 2. The molecule has 0 spiro atoms. The summed E-state index contributed by atoms with van der Waals surface area (Å²) in [6.07, 6.45) is 0.611. The molecule has 0 radical (unpaired) electrons. The summed E-state index contributed by atoms with van der Waals surface area (Å²) in [6.45, 7) is -0.0861. The van der Waals surface area contributed by atoms with E-state index < -0.39 is 0 Å². The molecule has 2 rings (SSSR count). The Bertz CT molecular complexity index is 554. The van der Waals surface area contributed by atoms with E-state index in [0.29, 0.717) is 12.0 Å². The van der Waals surface area contributed by atoms with Crippen LogP contribution in [-0.2, 0) is 6.42 Å². The van der Waals surface area contributed by atoms with Crippen LogP contribution in [0, 0.1) is 0 Å². The van der Waals surface area contributed by atoms with Gasteiger partial charge in [0.15, 0.2) is 0 Å². The SMILES string of the molecule is O=C(NC(CO)Cc1ccccc1)c1ccc(Br)cc1. The number of rotatable bonds is 5. The molecule has 0 aliphatic rings. The smallest absolute Gasteiger partial charge is 0.251 e. The van der Waals surface area contributed by atoms with Crippen molar-refractivity contribution in [2.45, 2.75) is 12.5 Å². The van der Waals surface area contributed by atoms with E-state index in [-0.39, 0.29) is 18.6 Å². The number of aliphatic hydroxyl groups excluding tert-OH is 1. The van der Waals surface area contributed by atoms with Crippen molar-refractivity contribution in [1.82, 2.24) is 5.32 Å². The van der Waals surface area contributed by atoms with E-state index in [1.165, 1.54) is 0 Å². The van der Waals surface area contributed by atoms with Gasteiger partial charge in [-0.3, -0.25) is 4.79 Å². The lowest BCUT2D eigenvalue weighted by atomic mass is 10.1. The van der Waals surface area contributed by atoms with Gasteiger partial charge in [0, 0.05) is 10.0 Å². The Morgan fingerprint density at radius 1 is 1.10 bits per heavy atom. The minimum absolute atomic E-state index is 0.0861. The van der Waals surface area contributed by atoms with Crippen LogP contribution in [0.25, 0.3) is 0 Å². The number of carbonyl (C=O) groups is 1. The molecule has 2 aromatic rings. The summed E-state index contributed by atoms with van der Waals surface area (Å²) in [4.78, 5) is 12.1. The molecule has 2 aromatic carbocycles. The summed E-state index contributed by atoms with van der Waals surface area (Å²) in [6, 6.07) is 16.6. The highest BCUT2D eigenvalue weighted by molar-refractivity contribution is 9.10. The summed E-state index contributed by atoms with van der Waals surface area (Å²) in [5.41, 5.74) is 1.67. The van der Waals surface area contributed by atoms with Crippen molar-refractivity contribution in [1.29, 1.82) is 0 Å². The van der Waals surface area contributed by atoms with Crippen molar-refractivity contribution in [2.75, 3.05) is 6.61 Å². The third-order valence-electron chi connectivity index (χ3n) is 2.99. The van der Waals surface area contributed by atoms with Crippen LogP contribution in [0.3, 0.4) is 0 Å². The largest absolute Gasteiger partial charge is 0.394 e. The lowest BCUT2D eigenvalue weighted by molar-refractivity contribution is 0.0916. The van der Waals surface area contributed by atoms with E-state index in [1.54, 1.807) is 12.1 Å². The minimum Gasteiger partial charge on any atom is -0.394 e. The van der Waals surface area contributed by atoms with Gasteiger partial charge in [0.2, 0.25) is 0 Å². The van der Waals surface area contributed by atoms with Gasteiger partial charge in [0.25, 0.3) is 5.91 Å². The second-order valence-corrected chi connectivity index (χ2v) is 5.47. The first-order valence-corrected chi connectivity index (χ1v) is 7.19. The Balaban J connectivity index is 1.99. The second kappa shape index (κ2) is 7.22. The normalized spacial score (nSPS) is 11.9. The molecular formula is C16H16BrNO2. The molecule has 1 atom stereocenters. The summed E-state index contributed by atoms with van der Waals surface area (Å²) in [7, 11) is 0. The Morgan fingerprint density at radius 3 is 2.35 bits per heavy atom. The number of halogens is 1. The lowest BCUT2D eigenvalue weighted by Crippen LogP contribution is -2.39. The van der Waals surface area contributed by atoms with Gasteiger partial charge in [-0.15, -0.1) is 0 Å². The third-order valence-corrected chi connectivity index (χ3v) is 3.52. The molecule has 3 nitrogen and oxygen atoms in total. The zero-order chi connectivity index (χ0) is 14.4. The molecule has 2 N–H and O–H groups in total. The van der Waals surface area contributed by atoms with Gasteiger partial charge in [-0.25, -0.2) is 0 Å². The highest BCUT2D eigenvalue weighted by Gasteiger charge is 2.13. The van der Waals surface area contributed by atoms with Crippen molar-refractivity contribution < 1.29 is 9.90 Å². The first-order valence-electron chi connectivity index (χ1n) is 6.40. The van der Waals surface area contributed by atoms with Gasteiger partial charge in [-0.05, 0) is 36.2 Å². The van der Waals surface area contributed by atoms with Crippen LogP contribution >= 0.6 is 15.9 Å². The molecule has 0 aliphatic carbocycles. The molecule has 0 heterocycles. The zero-order valence-electron chi connectivity index (χ0n) is 10.9. The minimum atomic E-state index is -0.284.